The van der Waals surface area contributed by atoms with Crippen LogP contribution in [0.1, 0.15) is 16.7 Å². The Bertz CT molecular complexity index is 934. The van der Waals surface area contributed by atoms with Gasteiger partial charge in [0.15, 0.2) is 0 Å². The number of rotatable bonds is 5. The van der Waals surface area contributed by atoms with Gasteiger partial charge >= 0.3 is 0 Å². The first-order chi connectivity index (χ1) is 14.4. The molecule has 4 rings (SSSR count). The van der Waals surface area contributed by atoms with E-state index in [1.807, 2.05) is 61.5 Å². The lowest BCUT2D eigenvalue weighted by Gasteiger charge is -2.51. The Morgan fingerprint density at radius 3 is 2.33 bits per heavy atom. The van der Waals surface area contributed by atoms with Crippen molar-refractivity contribution >= 4 is 17.7 Å². The predicted octanol–water partition coefficient (Wildman–Crippen LogP) is 1.57. The lowest BCUT2D eigenvalue weighted by atomic mass is 9.73. The van der Waals surface area contributed by atoms with Gasteiger partial charge in [-0.25, -0.2) is 0 Å². The summed E-state index contributed by atoms with van der Waals surface area (Å²) in [5.74, 6) is -0.122. The van der Waals surface area contributed by atoms with Gasteiger partial charge in [0.05, 0.1) is 18.4 Å². The van der Waals surface area contributed by atoms with Gasteiger partial charge in [-0.2, -0.15) is 0 Å². The monoisotopic (exact) mass is 405 g/mol. The number of hydrogen-bond donors (Lipinski definition) is 1. The minimum Gasteiger partial charge on any atom is -0.353 e. The Labute approximate surface area is 176 Å². The fourth-order valence-electron chi connectivity index (χ4n) is 4.31. The Morgan fingerprint density at radius 2 is 1.67 bits per heavy atom. The second-order valence-corrected chi connectivity index (χ2v) is 8.43. The lowest BCUT2D eigenvalue weighted by molar-refractivity contribution is -0.162. The van der Waals surface area contributed by atoms with E-state index in [1.165, 1.54) is 0 Å². The Morgan fingerprint density at radius 1 is 0.967 bits per heavy atom. The molecule has 0 atom stereocenters. The molecule has 3 amide bonds. The molecule has 2 aromatic carbocycles. The van der Waals surface area contributed by atoms with E-state index in [0.717, 1.165) is 16.7 Å². The molecule has 6 nitrogen and oxygen atoms in total. The number of amides is 3. The summed E-state index contributed by atoms with van der Waals surface area (Å²) in [6.45, 7) is 3.88. The smallest absolute Gasteiger partial charge is 0.239 e. The van der Waals surface area contributed by atoms with Gasteiger partial charge in [0.25, 0.3) is 0 Å². The van der Waals surface area contributed by atoms with E-state index in [2.05, 4.69) is 5.32 Å². The molecule has 0 saturated carbocycles. The van der Waals surface area contributed by atoms with E-state index in [-0.39, 0.29) is 24.3 Å². The Kier molecular flexibility index (Phi) is 5.57. The number of piperazine rings is 1. The third kappa shape index (κ3) is 4.22. The second-order valence-electron chi connectivity index (χ2n) is 8.43. The highest BCUT2D eigenvalue weighted by molar-refractivity contribution is 5.92. The van der Waals surface area contributed by atoms with Crippen molar-refractivity contribution in [1.82, 2.24) is 15.1 Å². The largest absolute Gasteiger partial charge is 0.353 e. The van der Waals surface area contributed by atoms with Crippen molar-refractivity contribution in [2.24, 2.45) is 5.41 Å². The van der Waals surface area contributed by atoms with E-state index in [0.29, 0.717) is 39.0 Å². The maximum Gasteiger partial charge on any atom is 0.239 e. The third-order valence-electron chi connectivity index (χ3n) is 5.98. The molecular weight excluding hydrogens is 378 g/mol. The molecule has 156 valence electrons. The average molecular weight is 405 g/mol. The molecule has 0 aliphatic carbocycles. The average Bonchev–Trinajstić information content (AvgIpc) is 2.72. The fourth-order valence-corrected chi connectivity index (χ4v) is 4.31. The van der Waals surface area contributed by atoms with Crippen molar-refractivity contribution in [3.8, 4) is 0 Å². The van der Waals surface area contributed by atoms with Gasteiger partial charge in [-0.15, -0.1) is 0 Å². The zero-order chi connectivity index (χ0) is 21.1. The van der Waals surface area contributed by atoms with Gasteiger partial charge in [0.2, 0.25) is 17.7 Å². The standard InChI is InChI=1S/C24H27N3O3/c1-18-7-9-19(10-8-18)13-22(29)27-16-24(17-27,14-20-5-3-2-4-6-20)23(30)26-12-11-25-21(28)15-26/h2-10H,11-17H2,1H3,(H,25,28). The molecule has 30 heavy (non-hydrogen) atoms. The van der Waals surface area contributed by atoms with E-state index < -0.39 is 5.41 Å². The van der Waals surface area contributed by atoms with Gasteiger partial charge in [-0.05, 0) is 24.5 Å². The molecule has 2 heterocycles. The minimum absolute atomic E-state index is 0.0272. The molecule has 2 aliphatic rings. The molecule has 0 bridgehead atoms. The summed E-state index contributed by atoms with van der Waals surface area (Å²) in [6, 6.07) is 17.8. The van der Waals surface area contributed by atoms with Crippen molar-refractivity contribution in [3.05, 3.63) is 71.3 Å². The summed E-state index contributed by atoms with van der Waals surface area (Å²) in [6.07, 6.45) is 0.904. The molecule has 0 aromatic heterocycles. The highest BCUT2D eigenvalue weighted by Crippen LogP contribution is 2.37. The zero-order valence-corrected chi connectivity index (χ0v) is 17.3. The second kappa shape index (κ2) is 8.30. The number of nitrogens with zero attached hydrogens (tertiary/aromatic N) is 2. The van der Waals surface area contributed by atoms with Crippen LogP contribution in [0.2, 0.25) is 0 Å². The van der Waals surface area contributed by atoms with Crippen LogP contribution in [-0.2, 0) is 27.2 Å². The molecule has 2 saturated heterocycles. The summed E-state index contributed by atoms with van der Waals surface area (Å²) in [4.78, 5) is 41.4. The van der Waals surface area contributed by atoms with Gasteiger partial charge in [-0.3, -0.25) is 14.4 Å². The van der Waals surface area contributed by atoms with Crippen LogP contribution in [0.25, 0.3) is 0 Å². The summed E-state index contributed by atoms with van der Waals surface area (Å²) in [5, 5.41) is 2.76. The molecule has 1 N–H and O–H groups in total. The van der Waals surface area contributed by atoms with Gasteiger partial charge < -0.3 is 15.1 Å². The SMILES string of the molecule is Cc1ccc(CC(=O)N2CC(Cc3ccccc3)(C(=O)N3CCNC(=O)C3)C2)cc1. The summed E-state index contributed by atoms with van der Waals surface area (Å²) in [7, 11) is 0. The normalized spacial score (nSPS) is 17.8. The summed E-state index contributed by atoms with van der Waals surface area (Å²) < 4.78 is 0. The number of hydrogen-bond acceptors (Lipinski definition) is 3. The molecule has 2 aromatic rings. The van der Waals surface area contributed by atoms with E-state index in [1.54, 1.807) is 9.80 Å². The van der Waals surface area contributed by atoms with Crippen LogP contribution in [0, 0.1) is 12.3 Å². The number of nitrogens with one attached hydrogen (secondary N) is 1. The number of benzene rings is 2. The molecule has 0 spiro atoms. The van der Waals surface area contributed by atoms with E-state index >= 15 is 0 Å². The van der Waals surface area contributed by atoms with Crippen LogP contribution in [0.4, 0.5) is 0 Å². The summed E-state index contributed by atoms with van der Waals surface area (Å²) >= 11 is 0. The first-order valence-electron chi connectivity index (χ1n) is 10.4. The molecule has 2 aliphatic heterocycles. The maximum atomic E-state index is 13.4. The van der Waals surface area contributed by atoms with E-state index in [9.17, 15) is 14.4 Å². The van der Waals surface area contributed by atoms with Crippen LogP contribution in [0.15, 0.2) is 54.6 Å². The van der Waals surface area contributed by atoms with Crippen LogP contribution < -0.4 is 5.32 Å². The molecule has 0 unspecified atom stereocenters. The minimum atomic E-state index is -0.665. The topological polar surface area (TPSA) is 69.7 Å². The van der Waals surface area contributed by atoms with Crippen LogP contribution in [0.5, 0.6) is 0 Å². The Balaban J connectivity index is 1.48. The molecular formula is C24H27N3O3. The number of carbonyl (C=O) groups is 3. The van der Waals surface area contributed by atoms with Gasteiger partial charge in [0.1, 0.15) is 0 Å². The van der Waals surface area contributed by atoms with Crippen molar-refractivity contribution in [3.63, 3.8) is 0 Å². The van der Waals surface area contributed by atoms with Crippen LogP contribution >= 0.6 is 0 Å². The van der Waals surface area contributed by atoms with Crippen molar-refractivity contribution in [2.75, 3.05) is 32.7 Å². The lowest BCUT2D eigenvalue weighted by Crippen LogP contribution is -2.67. The molecule has 0 radical (unpaired) electrons. The fraction of sp³-hybridized carbons (Fsp3) is 0.375. The Hall–Kier alpha value is -3.15. The first-order valence-corrected chi connectivity index (χ1v) is 10.4. The highest BCUT2D eigenvalue weighted by Gasteiger charge is 2.52. The van der Waals surface area contributed by atoms with Crippen LogP contribution in [0.3, 0.4) is 0 Å². The number of aryl methyl sites for hydroxylation is 1. The van der Waals surface area contributed by atoms with Crippen molar-refractivity contribution < 1.29 is 14.4 Å². The molecule has 6 heteroatoms. The quantitative estimate of drug-likeness (QED) is 0.821. The van der Waals surface area contributed by atoms with Crippen molar-refractivity contribution in [1.29, 1.82) is 0 Å². The maximum absolute atomic E-state index is 13.4. The third-order valence-corrected chi connectivity index (χ3v) is 5.98. The van der Waals surface area contributed by atoms with E-state index in [4.69, 9.17) is 0 Å². The van der Waals surface area contributed by atoms with Crippen LogP contribution in [-0.4, -0.2) is 60.2 Å². The predicted molar refractivity (Wildman–Crippen MR) is 114 cm³/mol. The van der Waals surface area contributed by atoms with Gasteiger partial charge in [-0.1, -0.05) is 60.2 Å². The summed E-state index contributed by atoms with van der Waals surface area (Å²) in [5.41, 5.74) is 2.54. The molecule has 2 fully saturated rings. The number of likely N-dealkylation sites (tertiary alicyclic amines) is 1. The van der Waals surface area contributed by atoms with Gasteiger partial charge in [0, 0.05) is 26.2 Å². The highest BCUT2D eigenvalue weighted by atomic mass is 16.2. The van der Waals surface area contributed by atoms with Crippen molar-refractivity contribution in [2.45, 2.75) is 19.8 Å². The zero-order valence-electron chi connectivity index (χ0n) is 17.3. The first kappa shape index (κ1) is 20.1. The number of carbonyl (C=O) groups excluding carboxylic acids is 3.